The van der Waals surface area contributed by atoms with Gasteiger partial charge in [-0.05, 0) is 19.4 Å². The minimum atomic E-state index is -0.535. The number of amides is 1. The molecule has 19 heavy (non-hydrogen) atoms. The van der Waals surface area contributed by atoms with Crippen LogP contribution in [0.25, 0.3) is 0 Å². The molecule has 0 aliphatic carbocycles. The number of carbonyl (C=O) groups excluding carboxylic acids is 2. The topological polar surface area (TPSA) is 66.8 Å². The van der Waals surface area contributed by atoms with E-state index < -0.39 is 6.04 Å². The van der Waals surface area contributed by atoms with Crippen LogP contribution in [0.4, 0.5) is 0 Å². The predicted octanol–water partition coefficient (Wildman–Crippen LogP) is 1.45. The Morgan fingerprint density at radius 1 is 1.47 bits per heavy atom. The second-order valence-electron chi connectivity index (χ2n) is 4.46. The lowest BCUT2D eigenvalue weighted by molar-refractivity contribution is -0.151. The van der Waals surface area contributed by atoms with Crippen molar-refractivity contribution < 1.29 is 19.4 Å². The minimum absolute atomic E-state index is 0.0821. The van der Waals surface area contributed by atoms with E-state index in [9.17, 15) is 14.7 Å². The Bertz CT molecular complexity index is 486. The predicted molar refractivity (Wildman–Crippen MR) is 68.3 cm³/mol. The number of hydrogen-bond acceptors (Lipinski definition) is 4. The summed E-state index contributed by atoms with van der Waals surface area (Å²) in [6.07, 6.45) is 0.822. The van der Waals surface area contributed by atoms with Crippen molar-refractivity contribution in [1.29, 1.82) is 0 Å². The first-order valence-electron chi connectivity index (χ1n) is 6.36. The van der Waals surface area contributed by atoms with Crippen molar-refractivity contribution in [3.05, 3.63) is 29.8 Å². The molecule has 1 saturated heterocycles. The summed E-state index contributed by atoms with van der Waals surface area (Å²) >= 11 is 0. The van der Waals surface area contributed by atoms with Gasteiger partial charge in [-0.1, -0.05) is 18.2 Å². The van der Waals surface area contributed by atoms with Crippen molar-refractivity contribution in [3.63, 3.8) is 0 Å². The summed E-state index contributed by atoms with van der Waals surface area (Å²) in [5.41, 5.74) is 0.632. The summed E-state index contributed by atoms with van der Waals surface area (Å²) in [7, 11) is 0. The van der Waals surface area contributed by atoms with E-state index in [1.807, 2.05) is 0 Å². The molecule has 1 amide bonds. The van der Waals surface area contributed by atoms with Gasteiger partial charge in [0, 0.05) is 12.0 Å². The zero-order valence-corrected chi connectivity index (χ0v) is 10.8. The number of nitrogens with zero attached hydrogens (tertiary/aromatic N) is 1. The monoisotopic (exact) mass is 263 g/mol. The molecule has 5 nitrogen and oxygen atoms in total. The Morgan fingerprint density at radius 2 is 2.21 bits per heavy atom. The second kappa shape index (κ2) is 5.73. The van der Waals surface area contributed by atoms with Gasteiger partial charge in [-0.15, -0.1) is 0 Å². The van der Waals surface area contributed by atoms with Crippen molar-refractivity contribution in [2.24, 2.45) is 0 Å². The highest BCUT2D eigenvalue weighted by molar-refractivity contribution is 5.88. The lowest BCUT2D eigenvalue weighted by Crippen LogP contribution is -2.39. The Hall–Kier alpha value is -2.04. The van der Waals surface area contributed by atoms with Gasteiger partial charge >= 0.3 is 5.97 Å². The number of para-hydroxylation sites is 1. The van der Waals surface area contributed by atoms with E-state index in [2.05, 4.69) is 0 Å². The molecular weight excluding hydrogens is 246 g/mol. The fraction of sp³-hybridized carbons (Fsp3) is 0.429. The molecule has 1 atom stereocenters. The van der Waals surface area contributed by atoms with Gasteiger partial charge in [0.05, 0.1) is 13.2 Å². The van der Waals surface area contributed by atoms with Crippen molar-refractivity contribution in [1.82, 2.24) is 4.90 Å². The molecule has 1 aromatic carbocycles. The zero-order chi connectivity index (χ0) is 13.8. The van der Waals surface area contributed by atoms with E-state index in [0.29, 0.717) is 25.0 Å². The largest absolute Gasteiger partial charge is 0.508 e. The second-order valence-corrected chi connectivity index (χ2v) is 4.46. The summed E-state index contributed by atoms with van der Waals surface area (Å²) in [5, 5.41) is 9.73. The molecule has 2 rings (SSSR count). The minimum Gasteiger partial charge on any atom is -0.508 e. The average Bonchev–Trinajstić information content (AvgIpc) is 2.74. The van der Waals surface area contributed by atoms with Crippen molar-refractivity contribution in [2.45, 2.75) is 32.4 Å². The molecule has 1 fully saturated rings. The third kappa shape index (κ3) is 2.86. The number of esters is 1. The van der Waals surface area contributed by atoms with Gasteiger partial charge in [-0.25, -0.2) is 4.79 Å². The molecule has 0 spiro atoms. The van der Waals surface area contributed by atoms with E-state index in [4.69, 9.17) is 4.74 Å². The number of phenols is 1. The van der Waals surface area contributed by atoms with Gasteiger partial charge in [-0.2, -0.15) is 0 Å². The summed E-state index contributed by atoms with van der Waals surface area (Å²) in [6.45, 7) is 2.27. The highest BCUT2D eigenvalue weighted by atomic mass is 16.5. The molecule has 102 valence electrons. The summed E-state index contributed by atoms with van der Waals surface area (Å²) in [6, 6.07) is 6.27. The maximum Gasteiger partial charge on any atom is 0.328 e. The number of benzene rings is 1. The van der Waals surface area contributed by atoms with Crippen molar-refractivity contribution in [2.75, 3.05) is 6.61 Å². The number of aromatic hydroxyl groups is 1. The maximum atomic E-state index is 11.8. The van der Waals surface area contributed by atoms with Crippen LogP contribution in [-0.4, -0.2) is 34.5 Å². The van der Waals surface area contributed by atoms with Crippen LogP contribution in [-0.2, 0) is 20.9 Å². The Kier molecular flexibility index (Phi) is 4.04. The first-order chi connectivity index (χ1) is 9.13. The number of ether oxygens (including phenoxy) is 1. The number of hydrogen-bond donors (Lipinski definition) is 1. The molecule has 1 aromatic rings. The van der Waals surface area contributed by atoms with Crippen LogP contribution in [0.5, 0.6) is 5.75 Å². The Balaban J connectivity index is 2.14. The first kappa shape index (κ1) is 13.4. The van der Waals surface area contributed by atoms with Crippen molar-refractivity contribution >= 4 is 11.9 Å². The molecule has 5 heteroatoms. The van der Waals surface area contributed by atoms with Crippen LogP contribution in [0.15, 0.2) is 24.3 Å². The average molecular weight is 263 g/mol. The zero-order valence-electron chi connectivity index (χ0n) is 10.8. The molecule has 1 heterocycles. The standard InChI is InChI=1S/C14H17NO4/c1-2-19-14(18)11-7-8-13(17)15(11)9-10-5-3-4-6-12(10)16/h3-6,11,16H,2,7-9H2,1H3/t11-/m0/s1. The van der Waals surface area contributed by atoms with Gasteiger partial charge in [0.15, 0.2) is 0 Å². The highest BCUT2D eigenvalue weighted by Gasteiger charge is 2.37. The van der Waals surface area contributed by atoms with Crippen LogP contribution in [0.3, 0.4) is 0 Å². The smallest absolute Gasteiger partial charge is 0.328 e. The third-order valence-corrected chi connectivity index (χ3v) is 3.22. The molecule has 1 aliphatic rings. The van der Waals surface area contributed by atoms with Gasteiger partial charge < -0.3 is 14.7 Å². The number of rotatable bonds is 4. The summed E-state index contributed by atoms with van der Waals surface area (Å²) in [4.78, 5) is 25.1. The summed E-state index contributed by atoms with van der Waals surface area (Å²) in [5.74, 6) is -0.324. The van der Waals surface area contributed by atoms with Crippen LogP contribution in [0.1, 0.15) is 25.3 Å². The van der Waals surface area contributed by atoms with E-state index in [1.165, 1.54) is 4.90 Å². The van der Waals surface area contributed by atoms with E-state index in [0.717, 1.165) is 0 Å². The number of likely N-dealkylation sites (tertiary alicyclic amines) is 1. The quantitative estimate of drug-likeness (QED) is 0.835. The fourth-order valence-electron chi connectivity index (χ4n) is 2.24. The lowest BCUT2D eigenvalue weighted by atomic mass is 10.1. The summed E-state index contributed by atoms with van der Waals surface area (Å²) < 4.78 is 4.98. The first-order valence-corrected chi connectivity index (χ1v) is 6.36. The van der Waals surface area contributed by atoms with Crippen LogP contribution >= 0.6 is 0 Å². The highest BCUT2D eigenvalue weighted by Crippen LogP contribution is 2.25. The van der Waals surface area contributed by atoms with Gasteiger partial charge in [-0.3, -0.25) is 4.79 Å². The molecule has 0 aromatic heterocycles. The SMILES string of the molecule is CCOC(=O)[C@@H]1CCC(=O)N1Cc1ccccc1O. The number of carbonyl (C=O) groups is 2. The van der Waals surface area contributed by atoms with E-state index in [1.54, 1.807) is 31.2 Å². The Labute approximate surface area is 111 Å². The van der Waals surface area contributed by atoms with Crippen LogP contribution in [0, 0.1) is 0 Å². The van der Waals surface area contributed by atoms with Crippen molar-refractivity contribution in [3.8, 4) is 5.75 Å². The third-order valence-electron chi connectivity index (χ3n) is 3.22. The molecule has 0 bridgehead atoms. The molecule has 0 unspecified atom stereocenters. The van der Waals surface area contributed by atoms with E-state index in [-0.39, 0.29) is 24.2 Å². The molecule has 0 radical (unpaired) electrons. The molecular formula is C14H17NO4. The molecule has 1 aliphatic heterocycles. The fourth-order valence-corrected chi connectivity index (χ4v) is 2.24. The van der Waals surface area contributed by atoms with Crippen LogP contribution < -0.4 is 0 Å². The molecule has 0 saturated carbocycles. The van der Waals surface area contributed by atoms with Crippen LogP contribution in [0.2, 0.25) is 0 Å². The van der Waals surface area contributed by atoms with E-state index >= 15 is 0 Å². The lowest BCUT2D eigenvalue weighted by Gasteiger charge is -2.23. The maximum absolute atomic E-state index is 11.8. The number of phenolic OH excluding ortho intramolecular Hbond substituents is 1. The normalized spacial score (nSPS) is 18.7. The molecule has 1 N–H and O–H groups in total. The van der Waals surface area contributed by atoms with Gasteiger partial charge in [0.25, 0.3) is 0 Å². The van der Waals surface area contributed by atoms with Gasteiger partial charge in [0.1, 0.15) is 11.8 Å². The Morgan fingerprint density at radius 3 is 2.89 bits per heavy atom. The van der Waals surface area contributed by atoms with Gasteiger partial charge in [0.2, 0.25) is 5.91 Å².